The molecule has 0 saturated heterocycles. The number of rotatable bonds is 74. The van der Waals surface area contributed by atoms with Crippen molar-refractivity contribution >= 4 is 39.5 Å². The Balaban J connectivity index is 5.14. The molecule has 17 nitrogen and oxygen atoms in total. The second-order valence-corrected chi connectivity index (χ2v) is 30.9. The van der Waals surface area contributed by atoms with E-state index in [1.165, 1.54) is 199 Å². The Morgan fingerprint density at radius 1 is 0.287 bits per heavy atom. The van der Waals surface area contributed by atoms with E-state index in [9.17, 15) is 43.2 Å². The molecule has 0 radical (unpaired) electrons. The number of carbonyl (C=O) groups excluding carboxylic acids is 4. The van der Waals surface area contributed by atoms with E-state index in [0.29, 0.717) is 25.7 Å². The summed E-state index contributed by atoms with van der Waals surface area (Å²) in [6.07, 6.45) is 54.6. The van der Waals surface area contributed by atoms with Crippen molar-refractivity contribution in [2.24, 2.45) is 11.8 Å². The van der Waals surface area contributed by atoms with Crippen LogP contribution in [0.1, 0.15) is 388 Å². The van der Waals surface area contributed by atoms with Crippen molar-refractivity contribution in [2.45, 2.75) is 407 Å². The molecule has 94 heavy (non-hydrogen) atoms. The molecule has 0 aromatic carbocycles. The number of aliphatic hydroxyl groups is 1. The molecule has 19 heteroatoms. The van der Waals surface area contributed by atoms with Crippen LogP contribution in [-0.2, 0) is 65.4 Å². The maximum atomic E-state index is 13.1. The van der Waals surface area contributed by atoms with E-state index in [1.807, 2.05) is 0 Å². The summed E-state index contributed by atoms with van der Waals surface area (Å²) >= 11 is 0. The molecule has 0 aliphatic heterocycles. The van der Waals surface area contributed by atoms with Crippen LogP contribution in [0, 0.1) is 11.8 Å². The first-order valence-electron chi connectivity index (χ1n) is 39.0. The zero-order valence-corrected chi connectivity index (χ0v) is 63.1. The number of hydrogen-bond acceptors (Lipinski definition) is 15. The number of aliphatic hydroxyl groups excluding tert-OH is 1. The minimum Gasteiger partial charge on any atom is -0.462 e. The molecule has 0 aliphatic rings. The summed E-state index contributed by atoms with van der Waals surface area (Å²) in [6, 6.07) is 0. The molecule has 2 unspecified atom stereocenters. The van der Waals surface area contributed by atoms with Gasteiger partial charge in [-0.2, -0.15) is 0 Å². The second kappa shape index (κ2) is 66.9. The molecule has 0 rings (SSSR count). The van der Waals surface area contributed by atoms with Crippen molar-refractivity contribution in [3.05, 3.63) is 0 Å². The van der Waals surface area contributed by atoms with Gasteiger partial charge in [-0.3, -0.25) is 37.3 Å². The zero-order valence-electron chi connectivity index (χ0n) is 61.3. The second-order valence-electron chi connectivity index (χ2n) is 28.0. The predicted molar refractivity (Wildman–Crippen MR) is 381 cm³/mol. The van der Waals surface area contributed by atoms with Gasteiger partial charge in [0.25, 0.3) is 0 Å². The minimum atomic E-state index is -4.95. The molecule has 0 fully saturated rings. The van der Waals surface area contributed by atoms with Gasteiger partial charge in [-0.1, -0.05) is 337 Å². The average Bonchev–Trinajstić information content (AvgIpc) is 1.69. The number of esters is 4. The van der Waals surface area contributed by atoms with Crippen LogP contribution in [0.5, 0.6) is 0 Å². The van der Waals surface area contributed by atoms with Crippen LogP contribution in [0.2, 0.25) is 0 Å². The number of phosphoric acid groups is 2. The number of carbonyl (C=O) groups is 4. The quantitative estimate of drug-likeness (QED) is 0.0222. The van der Waals surface area contributed by atoms with E-state index in [1.54, 1.807) is 0 Å². The molecular formula is C75H146O17P2. The summed E-state index contributed by atoms with van der Waals surface area (Å²) in [4.78, 5) is 72.5. The van der Waals surface area contributed by atoms with E-state index in [4.69, 9.17) is 37.0 Å². The average molecular weight is 1380 g/mol. The third kappa shape index (κ3) is 68.6. The van der Waals surface area contributed by atoms with Crippen molar-refractivity contribution < 1.29 is 80.2 Å². The van der Waals surface area contributed by atoms with Crippen LogP contribution in [0.15, 0.2) is 0 Å². The lowest BCUT2D eigenvalue weighted by Crippen LogP contribution is -2.30. The topological polar surface area (TPSA) is 237 Å². The molecule has 0 bridgehead atoms. The van der Waals surface area contributed by atoms with Crippen LogP contribution in [0.4, 0.5) is 0 Å². The Morgan fingerprint density at radius 3 is 0.723 bits per heavy atom. The van der Waals surface area contributed by atoms with Gasteiger partial charge in [0, 0.05) is 25.7 Å². The molecule has 0 amide bonds. The summed E-state index contributed by atoms with van der Waals surface area (Å²) < 4.78 is 68.2. The fraction of sp³-hybridized carbons (Fsp3) is 0.947. The first kappa shape index (κ1) is 92.1. The molecule has 3 N–H and O–H groups in total. The number of phosphoric ester groups is 2. The van der Waals surface area contributed by atoms with Gasteiger partial charge in [-0.15, -0.1) is 0 Å². The van der Waals surface area contributed by atoms with E-state index in [2.05, 4.69) is 41.5 Å². The van der Waals surface area contributed by atoms with E-state index in [0.717, 1.165) is 108 Å². The molecule has 0 aliphatic carbocycles. The van der Waals surface area contributed by atoms with Gasteiger partial charge < -0.3 is 33.8 Å². The first-order chi connectivity index (χ1) is 45.4. The smallest absolute Gasteiger partial charge is 0.462 e. The third-order valence-corrected chi connectivity index (χ3v) is 19.4. The standard InChI is InChI=1S/C75H146O17P2/c1-7-9-11-13-14-15-16-17-18-19-20-21-24-28-31-36-41-47-53-59-74(79)92-71(64-86-73(78)58-52-46-40-35-30-27-25-22-23-26-29-33-38-44-49-55-67(3)4)66-90-94(83,84)88-62-69(76)61-87-93(81,82)89-65-70(63-85-72(77)57-51-43-12-10-8-2)91-75(80)60-54-48-42-37-32-34-39-45-50-56-68(5)6/h67-71,76H,7-66H2,1-6H3,(H,81,82)(H,83,84)/t69-,70+,71+/m0/s1. The van der Waals surface area contributed by atoms with Gasteiger partial charge in [-0.05, 0) is 37.5 Å². The lowest BCUT2D eigenvalue weighted by molar-refractivity contribution is -0.161. The van der Waals surface area contributed by atoms with Crippen LogP contribution in [-0.4, -0.2) is 96.7 Å². The molecule has 0 spiro atoms. The minimum absolute atomic E-state index is 0.104. The fourth-order valence-electron chi connectivity index (χ4n) is 11.5. The van der Waals surface area contributed by atoms with Crippen LogP contribution < -0.4 is 0 Å². The Hall–Kier alpha value is -1.94. The highest BCUT2D eigenvalue weighted by Crippen LogP contribution is 2.45. The van der Waals surface area contributed by atoms with Crippen LogP contribution >= 0.6 is 15.6 Å². The van der Waals surface area contributed by atoms with Gasteiger partial charge in [0.1, 0.15) is 19.3 Å². The number of ether oxygens (including phenoxy) is 4. The Morgan fingerprint density at radius 2 is 0.489 bits per heavy atom. The summed E-state index contributed by atoms with van der Waals surface area (Å²) in [5, 5.41) is 10.6. The lowest BCUT2D eigenvalue weighted by Gasteiger charge is -2.21. The normalized spacial score (nSPS) is 14.0. The van der Waals surface area contributed by atoms with E-state index in [-0.39, 0.29) is 25.7 Å². The third-order valence-electron chi connectivity index (χ3n) is 17.5. The van der Waals surface area contributed by atoms with Gasteiger partial charge >= 0.3 is 39.5 Å². The Labute approximate surface area is 575 Å². The van der Waals surface area contributed by atoms with Crippen molar-refractivity contribution in [3.63, 3.8) is 0 Å². The number of unbranched alkanes of at least 4 members (excludes halogenated alkanes) is 44. The molecule has 0 aromatic rings. The SMILES string of the molecule is CCCCCCCCCCCCCCCCCCCCCC(=O)O[C@H](COC(=O)CCCCCCCCCCCCCCCCCC(C)C)COP(=O)(O)OC[C@@H](O)COP(=O)(O)OC[C@@H](COC(=O)CCCCCCC)OC(=O)CCCCCCCCCCCC(C)C. The van der Waals surface area contributed by atoms with E-state index >= 15 is 0 Å². The molecule has 0 heterocycles. The van der Waals surface area contributed by atoms with Gasteiger partial charge in [-0.25, -0.2) is 9.13 Å². The Bertz CT molecular complexity index is 1820. The van der Waals surface area contributed by atoms with Crippen molar-refractivity contribution in [1.29, 1.82) is 0 Å². The summed E-state index contributed by atoms with van der Waals surface area (Å²) in [5.74, 6) is -0.586. The summed E-state index contributed by atoms with van der Waals surface area (Å²) in [7, 11) is -9.90. The highest BCUT2D eigenvalue weighted by Gasteiger charge is 2.30. The summed E-state index contributed by atoms with van der Waals surface area (Å²) in [5.41, 5.74) is 0. The lowest BCUT2D eigenvalue weighted by atomic mass is 10.0. The van der Waals surface area contributed by atoms with Crippen molar-refractivity contribution in [2.75, 3.05) is 39.6 Å². The monoisotopic (exact) mass is 1380 g/mol. The largest absolute Gasteiger partial charge is 0.472 e. The number of hydrogen-bond donors (Lipinski definition) is 3. The molecular weight excluding hydrogens is 1230 g/mol. The fourth-order valence-corrected chi connectivity index (χ4v) is 13.1. The van der Waals surface area contributed by atoms with Crippen LogP contribution in [0.25, 0.3) is 0 Å². The highest BCUT2D eigenvalue weighted by atomic mass is 31.2. The summed E-state index contributed by atoms with van der Waals surface area (Å²) in [6.45, 7) is 9.50. The molecule has 5 atom stereocenters. The van der Waals surface area contributed by atoms with E-state index < -0.39 is 97.5 Å². The highest BCUT2D eigenvalue weighted by molar-refractivity contribution is 7.47. The molecule has 0 saturated carbocycles. The maximum Gasteiger partial charge on any atom is 0.472 e. The maximum absolute atomic E-state index is 13.1. The van der Waals surface area contributed by atoms with Gasteiger partial charge in [0.15, 0.2) is 12.2 Å². The van der Waals surface area contributed by atoms with Gasteiger partial charge in [0.05, 0.1) is 26.4 Å². The first-order valence-corrected chi connectivity index (χ1v) is 42.0. The van der Waals surface area contributed by atoms with Crippen molar-refractivity contribution in [1.82, 2.24) is 0 Å². The molecule has 558 valence electrons. The van der Waals surface area contributed by atoms with Crippen molar-refractivity contribution in [3.8, 4) is 0 Å². The van der Waals surface area contributed by atoms with Gasteiger partial charge in [0.2, 0.25) is 0 Å². The Kier molecular flexibility index (Phi) is 65.5. The predicted octanol–water partition coefficient (Wildman–Crippen LogP) is 21.9. The van der Waals surface area contributed by atoms with Crippen LogP contribution in [0.3, 0.4) is 0 Å². The zero-order chi connectivity index (χ0) is 69.3. The molecule has 0 aromatic heterocycles.